The SMILES string of the molecule is COc1ccc(C(C)NC(=O)Cn2c(=O)n(C3CCCCC3)c3ncccc32)cc1. The molecule has 7 nitrogen and oxygen atoms in total. The molecular weight excluding hydrogens is 380 g/mol. The van der Waals surface area contributed by atoms with Gasteiger partial charge in [0.2, 0.25) is 5.91 Å². The third-order valence-corrected chi connectivity index (χ3v) is 5.96. The molecule has 3 aromatic rings. The number of hydrogen-bond acceptors (Lipinski definition) is 4. The molecule has 7 heteroatoms. The molecule has 1 amide bonds. The van der Waals surface area contributed by atoms with E-state index in [0.29, 0.717) is 11.2 Å². The van der Waals surface area contributed by atoms with Gasteiger partial charge in [-0.1, -0.05) is 31.4 Å². The summed E-state index contributed by atoms with van der Waals surface area (Å²) in [5.74, 6) is 0.568. The summed E-state index contributed by atoms with van der Waals surface area (Å²) in [5.41, 5.74) is 2.20. The van der Waals surface area contributed by atoms with Crippen LogP contribution in [0.5, 0.6) is 5.75 Å². The Kier molecular flexibility index (Phi) is 5.88. The molecule has 158 valence electrons. The van der Waals surface area contributed by atoms with Gasteiger partial charge < -0.3 is 10.1 Å². The van der Waals surface area contributed by atoms with Crippen molar-refractivity contribution in [3.63, 3.8) is 0 Å². The Morgan fingerprint density at radius 2 is 1.93 bits per heavy atom. The maximum absolute atomic E-state index is 13.2. The Hall–Kier alpha value is -3.09. The zero-order valence-corrected chi connectivity index (χ0v) is 17.5. The van der Waals surface area contributed by atoms with Crippen LogP contribution in [0.4, 0.5) is 0 Å². The van der Waals surface area contributed by atoms with Crippen LogP contribution < -0.4 is 15.7 Å². The van der Waals surface area contributed by atoms with Gasteiger partial charge in [0, 0.05) is 12.2 Å². The van der Waals surface area contributed by atoms with Crippen molar-refractivity contribution in [2.75, 3.05) is 7.11 Å². The Balaban J connectivity index is 1.56. The van der Waals surface area contributed by atoms with Gasteiger partial charge in [-0.15, -0.1) is 0 Å². The number of nitrogens with zero attached hydrogens (tertiary/aromatic N) is 3. The number of carbonyl (C=O) groups is 1. The van der Waals surface area contributed by atoms with Gasteiger partial charge in [-0.05, 0) is 49.6 Å². The Bertz CT molecular complexity index is 1080. The molecule has 1 aliphatic rings. The lowest BCUT2D eigenvalue weighted by Crippen LogP contribution is -2.35. The van der Waals surface area contributed by atoms with Crippen LogP contribution >= 0.6 is 0 Å². The second-order valence-electron chi connectivity index (χ2n) is 7.94. The van der Waals surface area contributed by atoms with Crippen LogP contribution in [0.1, 0.15) is 56.7 Å². The largest absolute Gasteiger partial charge is 0.497 e. The van der Waals surface area contributed by atoms with Crippen LogP contribution in [0.15, 0.2) is 47.4 Å². The molecule has 0 spiro atoms. The topological polar surface area (TPSA) is 78.1 Å². The standard InChI is InChI=1S/C23H28N4O3/c1-16(17-10-12-19(30-2)13-11-17)25-21(28)15-26-20-9-6-14-24-22(20)27(23(26)29)18-7-4-3-5-8-18/h6,9-14,16,18H,3-5,7-8,15H2,1-2H3,(H,25,28). The van der Waals surface area contributed by atoms with Gasteiger partial charge in [0.05, 0.1) is 18.7 Å². The summed E-state index contributed by atoms with van der Waals surface area (Å²) in [4.78, 5) is 30.5. The number of fused-ring (bicyclic) bond motifs is 1. The lowest BCUT2D eigenvalue weighted by molar-refractivity contribution is -0.122. The number of carbonyl (C=O) groups excluding carboxylic acids is 1. The molecule has 1 N–H and O–H groups in total. The van der Waals surface area contributed by atoms with Crippen LogP contribution in [0.25, 0.3) is 11.2 Å². The summed E-state index contributed by atoms with van der Waals surface area (Å²) in [6, 6.07) is 11.2. The lowest BCUT2D eigenvalue weighted by atomic mass is 9.95. The Morgan fingerprint density at radius 3 is 2.63 bits per heavy atom. The molecule has 2 aromatic heterocycles. The number of imidazole rings is 1. The zero-order valence-electron chi connectivity index (χ0n) is 17.5. The van der Waals surface area contributed by atoms with E-state index < -0.39 is 0 Å². The highest BCUT2D eigenvalue weighted by Gasteiger charge is 2.24. The van der Waals surface area contributed by atoms with Crippen molar-refractivity contribution in [2.24, 2.45) is 0 Å². The van der Waals surface area contributed by atoms with E-state index in [0.717, 1.165) is 37.0 Å². The first-order valence-corrected chi connectivity index (χ1v) is 10.6. The molecule has 1 unspecified atom stereocenters. The number of ether oxygens (including phenoxy) is 1. The van der Waals surface area contributed by atoms with Crippen molar-refractivity contribution in [1.82, 2.24) is 19.4 Å². The van der Waals surface area contributed by atoms with Gasteiger partial charge in [-0.25, -0.2) is 9.78 Å². The number of pyridine rings is 1. The summed E-state index contributed by atoms with van der Waals surface area (Å²) in [7, 11) is 1.62. The van der Waals surface area contributed by atoms with E-state index in [1.165, 1.54) is 6.42 Å². The van der Waals surface area contributed by atoms with E-state index >= 15 is 0 Å². The average molecular weight is 409 g/mol. The van der Waals surface area contributed by atoms with Crippen LogP contribution in [-0.4, -0.2) is 27.1 Å². The molecule has 30 heavy (non-hydrogen) atoms. The third kappa shape index (κ3) is 3.97. The van der Waals surface area contributed by atoms with Gasteiger partial charge in [0.1, 0.15) is 12.3 Å². The molecule has 0 radical (unpaired) electrons. The molecule has 1 aromatic carbocycles. The Morgan fingerprint density at radius 1 is 1.20 bits per heavy atom. The molecule has 1 atom stereocenters. The van der Waals surface area contributed by atoms with Crippen molar-refractivity contribution in [1.29, 1.82) is 0 Å². The van der Waals surface area contributed by atoms with Gasteiger partial charge in [0.15, 0.2) is 5.65 Å². The van der Waals surface area contributed by atoms with E-state index in [2.05, 4.69) is 10.3 Å². The second kappa shape index (κ2) is 8.73. The number of hydrogen-bond donors (Lipinski definition) is 1. The van der Waals surface area contributed by atoms with Crippen LogP contribution in [0, 0.1) is 0 Å². The first kappa shape index (κ1) is 20.2. The minimum atomic E-state index is -0.202. The molecule has 1 aliphatic carbocycles. The van der Waals surface area contributed by atoms with Gasteiger partial charge >= 0.3 is 5.69 Å². The second-order valence-corrected chi connectivity index (χ2v) is 7.94. The highest BCUT2D eigenvalue weighted by Crippen LogP contribution is 2.29. The van der Waals surface area contributed by atoms with Crippen molar-refractivity contribution >= 4 is 17.1 Å². The van der Waals surface area contributed by atoms with Crippen molar-refractivity contribution in [3.05, 3.63) is 58.6 Å². The van der Waals surface area contributed by atoms with Crippen molar-refractivity contribution in [2.45, 2.75) is 57.7 Å². The number of benzene rings is 1. The number of aromatic nitrogens is 3. The predicted molar refractivity (Wildman–Crippen MR) is 116 cm³/mol. The summed E-state index contributed by atoms with van der Waals surface area (Å²) in [5, 5.41) is 2.99. The van der Waals surface area contributed by atoms with Crippen LogP contribution in [-0.2, 0) is 11.3 Å². The minimum absolute atomic E-state index is 0.0265. The molecule has 0 bridgehead atoms. The fraction of sp³-hybridized carbons (Fsp3) is 0.435. The normalized spacial score (nSPS) is 15.8. The van der Waals surface area contributed by atoms with E-state index in [9.17, 15) is 9.59 Å². The minimum Gasteiger partial charge on any atom is -0.497 e. The van der Waals surface area contributed by atoms with E-state index in [-0.39, 0.29) is 30.2 Å². The summed E-state index contributed by atoms with van der Waals surface area (Å²) < 4.78 is 8.53. The number of amides is 1. The fourth-order valence-corrected chi connectivity index (χ4v) is 4.34. The zero-order chi connectivity index (χ0) is 21.1. The predicted octanol–water partition coefficient (Wildman–Crippen LogP) is 3.59. The molecule has 1 saturated carbocycles. The molecular formula is C23H28N4O3. The Labute approximate surface area is 175 Å². The quantitative estimate of drug-likeness (QED) is 0.676. The van der Waals surface area contributed by atoms with Crippen LogP contribution in [0.3, 0.4) is 0 Å². The first-order chi connectivity index (χ1) is 14.6. The maximum atomic E-state index is 13.2. The van der Waals surface area contributed by atoms with E-state index in [1.54, 1.807) is 28.5 Å². The third-order valence-electron chi connectivity index (χ3n) is 5.96. The van der Waals surface area contributed by atoms with Crippen molar-refractivity contribution < 1.29 is 9.53 Å². The molecule has 0 saturated heterocycles. The fourth-order valence-electron chi connectivity index (χ4n) is 4.34. The summed E-state index contributed by atoms with van der Waals surface area (Å²) in [6.07, 6.45) is 7.12. The summed E-state index contributed by atoms with van der Waals surface area (Å²) in [6.45, 7) is 1.90. The monoisotopic (exact) mass is 408 g/mol. The van der Waals surface area contributed by atoms with E-state index in [4.69, 9.17) is 4.74 Å². The molecule has 4 rings (SSSR count). The average Bonchev–Trinajstić information content (AvgIpc) is 3.05. The summed E-state index contributed by atoms with van der Waals surface area (Å²) >= 11 is 0. The maximum Gasteiger partial charge on any atom is 0.331 e. The van der Waals surface area contributed by atoms with Crippen molar-refractivity contribution in [3.8, 4) is 5.75 Å². The number of methoxy groups -OCH3 is 1. The number of nitrogens with one attached hydrogen (secondary N) is 1. The molecule has 2 heterocycles. The highest BCUT2D eigenvalue weighted by molar-refractivity contribution is 5.79. The highest BCUT2D eigenvalue weighted by atomic mass is 16.5. The first-order valence-electron chi connectivity index (χ1n) is 10.6. The molecule has 1 fully saturated rings. The van der Waals surface area contributed by atoms with Gasteiger partial charge in [-0.3, -0.25) is 13.9 Å². The van der Waals surface area contributed by atoms with Crippen LogP contribution in [0.2, 0.25) is 0 Å². The smallest absolute Gasteiger partial charge is 0.331 e. The number of rotatable bonds is 6. The van der Waals surface area contributed by atoms with E-state index in [1.807, 2.05) is 37.3 Å². The molecule has 0 aliphatic heterocycles. The van der Waals surface area contributed by atoms with Gasteiger partial charge in [0.25, 0.3) is 0 Å². The lowest BCUT2D eigenvalue weighted by Gasteiger charge is -2.22. The van der Waals surface area contributed by atoms with Gasteiger partial charge in [-0.2, -0.15) is 0 Å².